The Bertz CT molecular complexity index is 888. The van der Waals surface area contributed by atoms with Gasteiger partial charge in [0.1, 0.15) is 12.0 Å². The summed E-state index contributed by atoms with van der Waals surface area (Å²) in [5.41, 5.74) is 1.56. The SMILES string of the molecule is CCCCNC(=O)c1ccc(NC2=CC(=O)c3ncncc3C2=O)cc1. The van der Waals surface area contributed by atoms with Crippen molar-refractivity contribution in [3.8, 4) is 0 Å². The zero-order valence-electron chi connectivity index (χ0n) is 14.3. The van der Waals surface area contributed by atoms with Gasteiger partial charge in [0.05, 0.1) is 11.3 Å². The van der Waals surface area contributed by atoms with Crippen LogP contribution >= 0.6 is 0 Å². The number of ketones is 2. The van der Waals surface area contributed by atoms with Crippen LogP contribution in [0, 0.1) is 0 Å². The van der Waals surface area contributed by atoms with E-state index in [4.69, 9.17) is 0 Å². The standard InChI is InChI=1S/C19H18N4O3/c1-2-3-8-21-19(26)12-4-6-13(7-5-12)23-15-9-16(24)17-14(18(15)25)10-20-11-22-17/h4-7,9-11,23H,2-3,8H2,1H3,(H,21,26). The van der Waals surface area contributed by atoms with Crippen molar-refractivity contribution in [3.63, 3.8) is 0 Å². The molecular weight excluding hydrogens is 332 g/mol. The van der Waals surface area contributed by atoms with Crippen LogP contribution in [0.3, 0.4) is 0 Å². The molecule has 1 heterocycles. The highest BCUT2D eigenvalue weighted by Crippen LogP contribution is 2.21. The molecule has 1 aromatic carbocycles. The quantitative estimate of drug-likeness (QED) is 0.776. The number of hydrogen-bond acceptors (Lipinski definition) is 6. The second-order valence-electron chi connectivity index (χ2n) is 5.85. The van der Waals surface area contributed by atoms with Crippen molar-refractivity contribution >= 4 is 23.2 Å². The number of unbranched alkanes of at least 4 members (excludes halogenated alkanes) is 1. The monoisotopic (exact) mass is 350 g/mol. The molecule has 1 aromatic heterocycles. The lowest BCUT2D eigenvalue weighted by atomic mass is 9.98. The zero-order valence-corrected chi connectivity index (χ0v) is 14.3. The largest absolute Gasteiger partial charge is 0.352 e. The van der Waals surface area contributed by atoms with E-state index in [1.54, 1.807) is 24.3 Å². The number of benzene rings is 1. The molecule has 0 spiro atoms. The molecule has 7 heteroatoms. The summed E-state index contributed by atoms with van der Waals surface area (Å²) in [5.74, 6) is -0.836. The van der Waals surface area contributed by atoms with Crippen molar-refractivity contribution in [3.05, 3.63) is 65.4 Å². The van der Waals surface area contributed by atoms with Gasteiger partial charge in [-0.25, -0.2) is 9.97 Å². The number of Topliss-reactive ketones (excluding diaryl/α,β-unsaturated/α-hetero) is 1. The van der Waals surface area contributed by atoms with E-state index in [2.05, 4.69) is 27.5 Å². The molecule has 1 aliphatic carbocycles. The number of fused-ring (bicyclic) bond motifs is 1. The first kappa shape index (κ1) is 17.5. The van der Waals surface area contributed by atoms with Crippen molar-refractivity contribution in [1.82, 2.24) is 15.3 Å². The number of anilines is 1. The molecular formula is C19H18N4O3. The lowest BCUT2D eigenvalue weighted by Crippen LogP contribution is -2.24. The Labute approximate surface area is 150 Å². The van der Waals surface area contributed by atoms with Crippen LogP contribution in [0.2, 0.25) is 0 Å². The van der Waals surface area contributed by atoms with Gasteiger partial charge in [0, 0.05) is 30.1 Å². The van der Waals surface area contributed by atoms with Gasteiger partial charge in [-0.1, -0.05) is 13.3 Å². The normalized spacial score (nSPS) is 13.0. The summed E-state index contributed by atoms with van der Waals surface area (Å²) < 4.78 is 0. The molecule has 7 nitrogen and oxygen atoms in total. The van der Waals surface area contributed by atoms with E-state index < -0.39 is 0 Å². The number of carbonyl (C=O) groups excluding carboxylic acids is 3. The van der Waals surface area contributed by atoms with Crippen LogP contribution in [0.4, 0.5) is 5.69 Å². The van der Waals surface area contributed by atoms with Crippen LogP contribution in [0.1, 0.15) is 51.0 Å². The molecule has 2 N–H and O–H groups in total. The first-order valence-electron chi connectivity index (χ1n) is 8.36. The topological polar surface area (TPSA) is 101 Å². The third-order valence-corrected chi connectivity index (χ3v) is 3.95. The minimum absolute atomic E-state index is 0.106. The first-order chi connectivity index (χ1) is 12.6. The Hall–Kier alpha value is -3.35. The van der Waals surface area contributed by atoms with Crippen molar-refractivity contribution in [2.75, 3.05) is 11.9 Å². The van der Waals surface area contributed by atoms with Crippen molar-refractivity contribution in [2.45, 2.75) is 19.8 Å². The van der Waals surface area contributed by atoms with Crippen molar-refractivity contribution in [1.29, 1.82) is 0 Å². The smallest absolute Gasteiger partial charge is 0.251 e. The van der Waals surface area contributed by atoms with Gasteiger partial charge >= 0.3 is 0 Å². The van der Waals surface area contributed by atoms with Gasteiger partial charge in [0.2, 0.25) is 11.6 Å². The summed E-state index contributed by atoms with van der Waals surface area (Å²) in [7, 11) is 0. The van der Waals surface area contributed by atoms with Crippen LogP contribution in [0.25, 0.3) is 0 Å². The molecule has 0 atom stereocenters. The second-order valence-corrected chi connectivity index (χ2v) is 5.85. The summed E-state index contributed by atoms with van der Waals surface area (Å²) in [4.78, 5) is 44.2. The Morgan fingerprint density at radius 3 is 2.65 bits per heavy atom. The molecule has 1 aliphatic rings. The molecule has 0 radical (unpaired) electrons. The molecule has 0 saturated heterocycles. The summed E-state index contributed by atoms with van der Waals surface area (Å²) in [6, 6.07) is 6.70. The summed E-state index contributed by atoms with van der Waals surface area (Å²) >= 11 is 0. The van der Waals surface area contributed by atoms with E-state index in [1.807, 2.05) is 0 Å². The Morgan fingerprint density at radius 1 is 1.15 bits per heavy atom. The molecule has 26 heavy (non-hydrogen) atoms. The molecule has 3 rings (SSSR count). The number of carbonyl (C=O) groups is 3. The Kier molecular flexibility index (Phi) is 5.17. The van der Waals surface area contributed by atoms with Crippen LogP contribution in [0.5, 0.6) is 0 Å². The predicted octanol–water partition coefficient (Wildman–Crippen LogP) is 2.38. The fraction of sp³-hybridized carbons (Fsp3) is 0.211. The van der Waals surface area contributed by atoms with Crippen molar-refractivity contribution < 1.29 is 14.4 Å². The van der Waals surface area contributed by atoms with Gasteiger partial charge < -0.3 is 10.6 Å². The van der Waals surface area contributed by atoms with E-state index in [9.17, 15) is 14.4 Å². The number of allylic oxidation sites excluding steroid dienone is 2. The van der Waals surface area contributed by atoms with Gasteiger partial charge in [-0.15, -0.1) is 0 Å². The summed E-state index contributed by atoms with van der Waals surface area (Å²) in [6.45, 7) is 2.70. The maximum atomic E-state index is 12.5. The fourth-order valence-electron chi connectivity index (χ4n) is 2.54. The zero-order chi connectivity index (χ0) is 18.5. The number of rotatable bonds is 6. The summed E-state index contributed by atoms with van der Waals surface area (Å²) in [6.07, 6.45) is 5.74. The summed E-state index contributed by atoms with van der Waals surface area (Å²) in [5, 5.41) is 5.77. The van der Waals surface area contributed by atoms with Gasteiger partial charge in [-0.3, -0.25) is 14.4 Å². The molecule has 0 bridgehead atoms. The lowest BCUT2D eigenvalue weighted by Gasteiger charge is -2.15. The number of amides is 1. The van der Waals surface area contributed by atoms with E-state index in [0.717, 1.165) is 12.8 Å². The van der Waals surface area contributed by atoms with Crippen molar-refractivity contribution in [2.24, 2.45) is 0 Å². The third kappa shape index (κ3) is 3.66. The Balaban J connectivity index is 1.71. The highest BCUT2D eigenvalue weighted by Gasteiger charge is 2.27. The molecule has 2 aromatic rings. The van der Waals surface area contributed by atoms with Crippen LogP contribution in [0.15, 0.2) is 48.6 Å². The molecule has 0 fully saturated rings. The Morgan fingerprint density at radius 2 is 1.92 bits per heavy atom. The first-order valence-corrected chi connectivity index (χ1v) is 8.36. The number of aromatic nitrogens is 2. The van der Waals surface area contributed by atoms with Gasteiger partial charge in [0.15, 0.2) is 0 Å². The minimum atomic E-state index is -0.351. The molecule has 132 valence electrons. The number of hydrogen-bond donors (Lipinski definition) is 2. The third-order valence-electron chi connectivity index (χ3n) is 3.95. The highest BCUT2D eigenvalue weighted by atomic mass is 16.2. The van der Waals surface area contributed by atoms with Gasteiger partial charge in [-0.05, 0) is 30.7 Å². The van der Waals surface area contributed by atoms with Crippen LogP contribution in [-0.4, -0.2) is 34.0 Å². The van der Waals surface area contributed by atoms with Crippen LogP contribution < -0.4 is 10.6 Å². The van der Waals surface area contributed by atoms with E-state index in [1.165, 1.54) is 18.6 Å². The van der Waals surface area contributed by atoms with Gasteiger partial charge in [0.25, 0.3) is 5.91 Å². The lowest BCUT2D eigenvalue weighted by molar-refractivity contribution is 0.0952. The van der Waals surface area contributed by atoms with E-state index in [-0.39, 0.29) is 34.4 Å². The molecule has 0 aliphatic heterocycles. The average Bonchev–Trinajstić information content (AvgIpc) is 2.66. The molecule has 0 unspecified atom stereocenters. The van der Waals surface area contributed by atoms with E-state index >= 15 is 0 Å². The molecule has 1 amide bonds. The second kappa shape index (κ2) is 7.69. The minimum Gasteiger partial charge on any atom is -0.352 e. The fourth-order valence-corrected chi connectivity index (χ4v) is 2.54. The van der Waals surface area contributed by atoms with Gasteiger partial charge in [-0.2, -0.15) is 0 Å². The highest BCUT2D eigenvalue weighted by molar-refractivity contribution is 6.24. The molecule has 0 saturated carbocycles. The number of nitrogens with one attached hydrogen (secondary N) is 2. The van der Waals surface area contributed by atoms with E-state index in [0.29, 0.717) is 17.8 Å². The van der Waals surface area contributed by atoms with Crippen LogP contribution in [-0.2, 0) is 0 Å². The predicted molar refractivity (Wildman–Crippen MR) is 96.1 cm³/mol. The number of nitrogens with zero attached hydrogens (tertiary/aromatic N) is 2. The average molecular weight is 350 g/mol. The maximum Gasteiger partial charge on any atom is 0.251 e. The maximum absolute atomic E-state index is 12.5.